The fourth-order valence-corrected chi connectivity index (χ4v) is 3.60. The average molecular weight is 358 g/mol. The second-order valence-corrected chi connectivity index (χ2v) is 7.05. The van der Waals surface area contributed by atoms with E-state index in [0.29, 0.717) is 6.61 Å². The smallest absolute Gasteiger partial charge is 0.190 e. The van der Waals surface area contributed by atoms with Crippen molar-refractivity contribution < 1.29 is 9.84 Å². The van der Waals surface area contributed by atoms with Gasteiger partial charge in [0, 0.05) is 57.0 Å². The van der Waals surface area contributed by atoms with E-state index in [2.05, 4.69) is 56.7 Å². The number of rotatable bonds is 8. The molecule has 0 aliphatic carbocycles. The standard InChI is InChI=1S/C20H30N4O2/c1-21-19(23-15-20(8-13-25)9-14-26-16-20)22-10-4-11-24-12-7-17-5-2-3-6-18(17)24/h2-3,5-7,12,25H,4,8-11,13-16H2,1H3,(H2,21,22,23). The third-order valence-corrected chi connectivity index (χ3v) is 5.23. The zero-order valence-electron chi connectivity index (χ0n) is 15.6. The van der Waals surface area contributed by atoms with Crippen LogP contribution in [0.4, 0.5) is 0 Å². The van der Waals surface area contributed by atoms with E-state index in [1.807, 2.05) is 0 Å². The molecule has 6 heteroatoms. The van der Waals surface area contributed by atoms with Crippen LogP contribution in [-0.4, -0.2) is 55.6 Å². The lowest BCUT2D eigenvalue weighted by molar-refractivity contribution is 0.127. The topological polar surface area (TPSA) is 70.8 Å². The van der Waals surface area contributed by atoms with Crippen molar-refractivity contribution in [2.45, 2.75) is 25.8 Å². The molecule has 1 aromatic carbocycles. The van der Waals surface area contributed by atoms with E-state index in [1.165, 1.54) is 10.9 Å². The summed E-state index contributed by atoms with van der Waals surface area (Å²) in [6, 6.07) is 10.6. The van der Waals surface area contributed by atoms with E-state index in [0.717, 1.165) is 51.5 Å². The van der Waals surface area contributed by atoms with Crippen molar-refractivity contribution in [2.24, 2.45) is 10.4 Å². The minimum Gasteiger partial charge on any atom is -0.396 e. The van der Waals surface area contributed by atoms with Gasteiger partial charge in [0.05, 0.1) is 6.61 Å². The van der Waals surface area contributed by atoms with E-state index in [9.17, 15) is 5.11 Å². The highest BCUT2D eigenvalue weighted by molar-refractivity contribution is 5.80. The van der Waals surface area contributed by atoms with E-state index in [4.69, 9.17) is 4.74 Å². The van der Waals surface area contributed by atoms with Gasteiger partial charge in [0.1, 0.15) is 0 Å². The van der Waals surface area contributed by atoms with Crippen LogP contribution >= 0.6 is 0 Å². The first-order valence-electron chi connectivity index (χ1n) is 9.43. The molecule has 1 aliphatic rings. The van der Waals surface area contributed by atoms with Gasteiger partial charge in [-0.2, -0.15) is 0 Å². The molecular formula is C20H30N4O2. The molecule has 0 amide bonds. The quantitative estimate of drug-likeness (QED) is 0.383. The van der Waals surface area contributed by atoms with Gasteiger partial charge in [-0.05, 0) is 36.8 Å². The lowest BCUT2D eigenvalue weighted by Gasteiger charge is -2.27. The largest absolute Gasteiger partial charge is 0.396 e. The average Bonchev–Trinajstić information content (AvgIpc) is 3.29. The molecule has 0 saturated carbocycles. The zero-order chi connectivity index (χ0) is 18.2. The van der Waals surface area contributed by atoms with Crippen LogP contribution in [0, 0.1) is 5.41 Å². The number of ether oxygens (including phenoxy) is 1. The van der Waals surface area contributed by atoms with Crippen molar-refractivity contribution in [3.63, 3.8) is 0 Å². The Hall–Kier alpha value is -2.05. The van der Waals surface area contributed by atoms with E-state index < -0.39 is 0 Å². The molecule has 1 aliphatic heterocycles. The Kier molecular flexibility index (Phi) is 6.52. The summed E-state index contributed by atoms with van der Waals surface area (Å²) < 4.78 is 7.83. The lowest BCUT2D eigenvalue weighted by Crippen LogP contribution is -2.44. The van der Waals surface area contributed by atoms with Crippen molar-refractivity contribution >= 4 is 16.9 Å². The summed E-state index contributed by atoms with van der Waals surface area (Å²) in [6.45, 7) is 4.28. The van der Waals surface area contributed by atoms with Crippen LogP contribution in [0.2, 0.25) is 0 Å². The van der Waals surface area contributed by atoms with Crippen LogP contribution in [0.15, 0.2) is 41.5 Å². The van der Waals surface area contributed by atoms with Crippen LogP contribution in [0.5, 0.6) is 0 Å². The number of guanidine groups is 1. The zero-order valence-corrected chi connectivity index (χ0v) is 15.6. The minimum absolute atomic E-state index is 0.0242. The van der Waals surface area contributed by atoms with E-state index in [-0.39, 0.29) is 12.0 Å². The molecule has 142 valence electrons. The normalized spacial score (nSPS) is 20.6. The van der Waals surface area contributed by atoms with Gasteiger partial charge in [0.25, 0.3) is 0 Å². The molecule has 1 unspecified atom stereocenters. The third-order valence-electron chi connectivity index (χ3n) is 5.23. The van der Waals surface area contributed by atoms with Crippen LogP contribution in [0.1, 0.15) is 19.3 Å². The summed E-state index contributed by atoms with van der Waals surface area (Å²) in [5.41, 5.74) is 1.30. The van der Waals surface area contributed by atoms with Crippen molar-refractivity contribution in [1.82, 2.24) is 15.2 Å². The number of hydrogen-bond donors (Lipinski definition) is 3. The summed E-state index contributed by atoms with van der Waals surface area (Å²) in [4.78, 5) is 4.31. The second-order valence-electron chi connectivity index (χ2n) is 7.05. The number of aliphatic hydroxyl groups excluding tert-OH is 1. The Morgan fingerprint density at radius 2 is 2.19 bits per heavy atom. The van der Waals surface area contributed by atoms with Crippen LogP contribution < -0.4 is 10.6 Å². The van der Waals surface area contributed by atoms with Gasteiger partial charge >= 0.3 is 0 Å². The van der Waals surface area contributed by atoms with Gasteiger partial charge in [-0.1, -0.05) is 18.2 Å². The maximum Gasteiger partial charge on any atom is 0.190 e. The highest BCUT2D eigenvalue weighted by atomic mass is 16.5. The molecule has 6 nitrogen and oxygen atoms in total. The number of hydrogen-bond acceptors (Lipinski definition) is 3. The number of aliphatic imine (C=N–C) groups is 1. The summed E-state index contributed by atoms with van der Waals surface area (Å²) in [6.07, 6.45) is 4.91. The van der Waals surface area contributed by atoms with E-state index >= 15 is 0 Å². The van der Waals surface area contributed by atoms with Crippen molar-refractivity contribution in [3.05, 3.63) is 36.5 Å². The van der Waals surface area contributed by atoms with Crippen molar-refractivity contribution in [3.8, 4) is 0 Å². The number of aliphatic hydroxyl groups is 1. The first-order chi connectivity index (χ1) is 12.8. The molecular weight excluding hydrogens is 328 g/mol. The summed E-state index contributed by atoms with van der Waals surface area (Å²) >= 11 is 0. The highest BCUT2D eigenvalue weighted by Crippen LogP contribution is 2.31. The van der Waals surface area contributed by atoms with E-state index in [1.54, 1.807) is 7.05 Å². The molecule has 1 aromatic heterocycles. The fraction of sp³-hybridized carbons (Fsp3) is 0.550. The maximum atomic E-state index is 9.32. The van der Waals surface area contributed by atoms with Gasteiger partial charge in [0.15, 0.2) is 5.96 Å². The number of aryl methyl sites for hydroxylation is 1. The van der Waals surface area contributed by atoms with Gasteiger partial charge in [-0.15, -0.1) is 0 Å². The number of nitrogens with one attached hydrogen (secondary N) is 2. The van der Waals surface area contributed by atoms with Gasteiger partial charge in [0.2, 0.25) is 0 Å². The van der Waals surface area contributed by atoms with Crippen LogP contribution in [0.3, 0.4) is 0 Å². The number of para-hydroxylation sites is 1. The number of nitrogens with zero attached hydrogens (tertiary/aromatic N) is 2. The Labute approximate surface area is 155 Å². The lowest BCUT2D eigenvalue weighted by atomic mass is 9.84. The molecule has 0 spiro atoms. The molecule has 1 atom stereocenters. The molecule has 2 heterocycles. The van der Waals surface area contributed by atoms with Crippen molar-refractivity contribution in [1.29, 1.82) is 0 Å². The fourth-order valence-electron chi connectivity index (χ4n) is 3.60. The van der Waals surface area contributed by atoms with Crippen molar-refractivity contribution in [2.75, 3.05) is 40.0 Å². The van der Waals surface area contributed by atoms with Crippen LogP contribution in [-0.2, 0) is 11.3 Å². The molecule has 26 heavy (non-hydrogen) atoms. The minimum atomic E-state index is 0.0242. The molecule has 3 rings (SSSR count). The Morgan fingerprint density at radius 1 is 1.31 bits per heavy atom. The van der Waals surface area contributed by atoms with Crippen LogP contribution in [0.25, 0.3) is 10.9 Å². The Morgan fingerprint density at radius 3 is 2.96 bits per heavy atom. The SMILES string of the molecule is CN=C(NCCCn1ccc2ccccc21)NCC1(CCO)CCOC1. The predicted molar refractivity (Wildman–Crippen MR) is 105 cm³/mol. The van der Waals surface area contributed by atoms with Gasteiger partial charge < -0.3 is 25.0 Å². The monoisotopic (exact) mass is 358 g/mol. The summed E-state index contributed by atoms with van der Waals surface area (Å²) in [5, 5.41) is 17.4. The number of aromatic nitrogens is 1. The number of benzene rings is 1. The highest BCUT2D eigenvalue weighted by Gasteiger charge is 2.34. The predicted octanol–water partition coefficient (Wildman–Crippen LogP) is 1.99. The Bertz CT molecular complexity index is 719. The van der Waals surface area contributed by atoms with Gasteiger partial charge in [-0.25, -0.2) is 0 Å². The third kappa shape index (κ3) is 4.56. The molecule has 0 radical (unpaired) electrons. The molecule has 2 aromatic rings. The second kappa shape index (κ2) is 9.05. The summed E-state index contributed by atoms with van der Waals surface area (Å²) in [7, 11) is 1.79. The molecule has 1 saturated heterocycles. The first-order valence-corrected chi connectivity index (χ1v) is 9.43. The number of fused-ring (bicyclic) bond motifs is 1. The molecule has 1 fully saturated rings. The van der Waals surface area contributed by atoms with Gasteiger partial charge in [-0.3, -0.25) is 4.99 Å². The molecule has 0 bridgehead atoms. The Balaban J connectivity index is 1.43. The maximum absolute atomic E-state index is 9.32. The molecule has 3 N–H and O–H groups in total. The summed E-state index contributed by atoms with van der Waals surface area (Å²) in [5.74, 6) is 0.812. The first kappa shape index (κ1) is 18.7.